The molecule has 0 aromatic carbocycles. The number of hydrazone groups is 1. The van der Waals surface area contributed by atoms with E-state index in [0.717, 1.165) is 6.54 Å². The number of hydrogen-bond acceptors (Lipinski definition) is 2. The molecule has 1 rings (SSSR count). The molecule has 1 aliphatic rings. The van der Waals surface area contributed by atoms with Gasteiger partial charge in [-0.2, -0.15) is 5.10 Å². The molecule has 2 heteroatoms. The molecule has 0 radical (unpaired) electrons. The Bertz CT molecular complexity index is 224. The van der Waals surface area contributed by atoms with Crippen molar-refractivity contribution in [3.05, 3.63) is 23.9 Å². The number of rotatable bonds is 2. The van der Waals surface area contributed by atoms with Crippen LogP contribution in [0.15, 0.2) is 29.0 Å². The normalized spacial score (nSPS) is 17.7. The highest BCUT2D eigenvalue weighted by molar-refractivity contribution is 5.52. The lowest BCUT2D eigenvalue weighted by atomic mass is 10.0. The molecule has 0 aromatic heterocycles. The summed E-state index contributed by atoms with van der Waals surface area (Å²) in [5, 5.41) is 6.08. The molecule has 0 aromatic rings. The summed E-state index contributed by atoms with van der Waals surface area (Å²) in [7, 11) is 0. The molecule has 0 N–H and O–H groups in total. The lowest BCUT2D eigenvalue weighted by Crippen LogP contribution is -2.14. The summed E-state index contributed by atoms with van der Waals surface area (Å²) >= 11 is 0. The topological polar surface area (TPSA) is 15.6 Å². The van der Waals surface area contributed by atoms with E-state index in [4.69, 9.17) is 0 Å². The van der Waals surface area contributed by atoms with Gasteiger partial charge in [0.15, 0.2) is 0 Å². The molecule has 0 unspecified atom stereocenters. The van der Waals surface area contributed by atoms with E-state index in [-0.39, 0.29) is 0 Å². The number of hydrogen-bond donors (Lipinski definition) is 0. The van der Waals surface area contributed by atoms with Crippen LogP contribution in [0.3, 0.4) is 0 Å². The molecule has 0 fully saturated rings. The van der Waals surface area contributed by atoms with E-state index in [9.17, 15) is 0 Å². The molecular formula is C10H16N2. The van der Waals surface area contributed by atoms with Crippen molar-refractivity contribution in [2.75, 3.05) is 6.54 Å². The minimum atomic E-state index is 0.619. The van der Waals surface area contributed by atoms with Gasteiger partial charge in [0.25, 0.3) is 0 Å². The molecule has 2 nitrogen and oxygen atoms in total. The molecule has 0 saturated carbocycles. The van der Waals surface area contributed by atoms with Crippen LogP contribution in [0, 0.1) is 5.92 Å². The molecule has 0 aliphatic carbocycles. The first-order valence-electron chi connectivity index (χ1n) is 4.37. The first-order chi connectivity index (χ1) is 5.74. The molecule has 12 heavy (non-hydrogen) atoms. The van der Waals surface area contributed by atoms with Gasteiger partial charge in [0.1, 0.15) is 0 Å². The SMILES string of the molecule is C/C=N\N1C=CC(C(C)C)=CC1. The maximum atomic E-state index is 4.15. The van der Waals surface area contributed by atoms with Crippen LogP contribution in [0.25, 0.3) is 0 Å². The molecule has 0 amide bonds. The zero-order chi connectivity index (χ0) is 8.97. The Morgan fingerprint density at radius 3 is 2.75 bits per heavy atom. The maximum Gasteiger partial charge on any atom is 0.0595 e. The van der Waals surface area contributed by atoms with Crippen molar-refractivity contribution in [2.24, 2.45) is 11.0 Å². The second-order valence-corrected chi connectivity index (χ2v) is 3.17. The second kappa shape index (κ2) is 4.10. The van der Waals surface area contributed by atoms with Crippen molar-refractivity contribution in [3.8, 4) is 0 Å². The third kappa shape index (κ3) is 2.22. The van der Waals surface area contributed by atoms with Gasteiger partial charge in [-0.05, 0) is 24.5 Å². The summed E-state index contributed by atoms with van der Waals surface area (Å²) in [6, 6.07) is 0. The first kappa shape index (κ1) is 9.04. The Kier molecular flexibility index (Phi) is 3.09. The third-order valence-electron chi connectivity index (χ3n) is 1.88. The average molecular weight is 164 g/mol. The zero-order valence-corrected chi connectivity index (χ0v) is 7.99. The fourth-order valence-electron chi connectivity index (χ4n) is 1.16. The first-order valence-corrected chi connectivity index (χ1v) is 4.37. The van der Waals surface area contributed by atoms with E-state index in [1.165, 1.54) is 5.57 Å². The standard InChI is InChI=1S/C10H16N2/c1-4-11-12-7-5-10(6-8-12)9(2)3/h4-7,9H,8H2,1-3H3/b11-4-. The molecule has 0 spiro atoms. The minimum Gasteiger partial charge on any atom is -0.269 e. The number of nitrogens with zero attached hydrogens (tertiary/aromatic N) is 2. The predicted octanol–water partition coefficient (Wildman–Crippen LogP) is 2.40. The van der Waals surface area contributed by atoms with Crippen molar-refractivity contribution in [1.82, 2.24) is 5.01 Å². The fourth-order valence-corrected chi connectivity index (χ4v) is 1.16. The van der Waals surface area contributed by atoms with E-state index in [2.05, 4.69) is 31.1 Å². The van der Waals surface area contributed by atoms with E-state index < -0.39 is 0 Å². The van der Waals surface area contributed by atoms with Crippen LogP contribution in [0.4, 0.5) is 0 Å². The van der Waals surface area contributed by atoms with Gasteiger partial charge in [-0.1, -0.05) is 19.9 Å². The zero-order valence-electron chi connectivity index (χ0n) is 7.99. The van der Waals surface area contributed by atoms with Crippen molar-refractivity contribution in [2.45, 2.75) is 20.8 Å². The van der Waals surface area contributed by atoms with E-state index in [0.29, 0.717) is 5.92 Å². The van der Waals surface area contributed by atoms with Gasteiger partial charge in [0.05, 0.1) is 6.54 Å². The quantitative estimate of drug-likeness (QED) is 0.572. The van der Waals surface area contributed by atoms with Crippen LogP contribution >= 0.6 is 0 Å². The van der Waals surface area contributed by atoms with Gasteiger partial charge in [-0.25, -0.2) is 0 Å². The smallest absolute Gasteiger partial charge is 0.0595 e. The Hall–Kier alpha value is -1.05. The minimum absolute atomic E-state index is 0.619. The fraction of sp³-hybridized carbons (Fsp3) is 0.500. The lowest BCUT2D eigenvalue weighted by Gasteiger charge is -2.18. The van der Waals surface area contributed by atoms with E-state index >= 15 is 0 Å². The van der Waals surface area contributed by atoms with Crippen LogP contribution in [0.5, 0.6) is 0 Å². The average Bonchev–Trinajstić information content (AvgIpc) is 2.06. The van der Waals surface area contributed by atoms with E-state index in [1.807, 2.05) is 18.1 Å². The van der Waals surface area contributed by atoms with Crippen LogP contribution < -0.4 is 0 Å². The largest absolute Gasteiger partial charge is 0.269 e. The summed E-state index contributed by atoms with van der Waals surface area (Å²) in [6.45, 7) is 7.23. The van der Waals surface area contributed by atoms with Crippen LogP contribution in [-0.2, 0) is 0 Å². The maximum absolute atomic E-state index is 4.15. The van der Waals surface area contributed by atoms with Gasteiger partial charge in [0.2, 0.25) is 0 Å². The highest BCUT2D eigenvalue weighted by atomic mass is 15.4. The molecule has 0 saturated heterocycles. The van der Waals surface area contributed by atoms with Crippen LogP contribution in [-0.4, -0.2) is 17.8 Å². The molecule has 0 bridgehead atoms. The molecule has 1 heterocycles. The van der Waals surface area contributed by atoms with Gasteiger partial charge in [-0.3, -0.25) is 5.01 Å². The highest BCUT2D eigenvalue weighted by Gasteiger charge is 2.04. The monoisotopic (exact) mass is 164 g/mol. The summed E-state index contributed by atoms with van der Waals surface area (Å²) in [4.78, 5) is 0. The van der Waals surface area contributed by atoms with Crippen LogP contribution in [0.1, 0.15) is 20.8 Å². The Morgan fingerprint density at radius 1 is 1.58 bits per heavy atom. The summed E-state index contributed by atoms with van der Waals surface area (Å²) in [6.07, 6.45) is 8.17. The van der Waals surface area contributed by atoms with Gasteiger partial charge >= 0.3 is 0 Å². The van der Waals surface area contributed by atoms with Crippen molar-refractivity contribution in [3.63, 3.8) is 0 Å². The van der Waals surface area contributed by atoms with E-state index in [1.54, 1.807) is 6.21 Å². The molecule has 66 valence electrons. The second-order valence-electron chi connectivity index (χ2n) is 3.17. The summed E-state index contributed by atoms with van der Waals surface area (Å²) in [5.74, 6) is 0.619. The van der Waals surface area contributed by atoms with Gasteiger partial charge in [0, 0.05) is 12.4 Å². The predicted molar refractivity (Wildman–Crippen MR) is 52.9 cm³/mol. The Labute approximate surface area is 74.3 Å². The van der Waals surface area contributed by atoms with Crippen LogP contribution in [0.2, 0.25) is 0 Å². The summed E-state index contributed by atoms with van der Waals surface area (Å²) < 4.78 is 0. The Morgan fingerprint density at radius 2 is 2.33 bits per heavy atom. The molecule has 1 aliphatic heterocycles. The number of allylic oxidation sites excluding steroid dienone is 2. The Balaban J connectivity index is 2.55. The van der Waals surface area contributed by atoms with Gasteiger partial charge in [-0.15, -0.1) is 0 Å². The van der Waals surface area contributed by atoms with Crippen molar-refractivity contribution < 1.29 is 0 Å². The van der Waals surface area contributed by atoms with Gasteiger partial charge < -0.3 is 0 Å². The third-order valence-corrected chi connectivity index (χ3v) is 1.88. The van der Waals surface area contributed by atoms with Crippen molar-refractivity contribution >= 4 is 6.21 Å². The molecule has 0 atom stereocenters. The summed E-state index contributed by atoms with van der Waals surface area (Å²) in [5.41, 5.74) is 1.40. The highest BCUT2D eigenvalue weighted by Crippen LogP contribution is 2.15. The lowest BCUT2D eigenvalue weighted by molar-refractivity contribution is 0.436. The van der Waals surface area contributed by atoms with Crippen molar-refractivity contribution in [1.29, 1.82) is 0 Å². The molecular weight excluding hydrogens is 148 g/mol.